The SMILES string of the molecule is Cc1ccc(O)c([C@]2(C)CCC[C@]2(C)CO)c1. The fourth-order valence-corrected chi connectivity index (χ4v) is 3.21. The van der Waals surface area contributed by atoms with E-state index in [-0.39, 0.29) is 17.4 Å². The summed E-state index contributed by atoms with van der Waals surface area (Å²) in [6, 6.07) is 5.76. The molecule has 1 aliphatic carbocycles. The van der Waals surface area contributed by atoms with Crippen LogP contribution in [0.2, 0.25) is 0 Å². The molecule has 17 heavy (non-hydrogen) atoms. The van der Waals surface area contributed by atoms with Crippen LogP contribution in [-0.4, -0.2) is 16.8 Å². The molecule has 0 aromatic heterocycles. The van der Waals surface area contributed by atoms with Crippen LogP contribution in [0.1, 0.15) is 44.2 Å². The maximum atomic E-state index is 10.1. The third-order valence-electron chi connectivity index (χ3n) is 4.83. The van der Waals surface area contributed by atoms with Gasteiger partial charge in [0, 0.05) is 23.0 Å². The number of phenolic OH excluding ortho intramolecular Hbond substituents is 1. The van der Waals surface area contributed by atoms with E-state index < -0.39 is 0 Å². The Balaban J connectivity index is 2.54. The summed E-state index contributed by atoms with van der Waals surface area (Å²) in [5.41, 5.74) is 1.90. The second-order valence-corrected chi connectivity index (χ2v) is 5.93. The number of rotatable bonds is 2. The molecule has 0 spiro atoms. The van der Waals surface area contributed by atoms with Crippen molar-refractivity contribution in [2.75, 3.05) is 6.61 Å². The lowest BCUT2D eigenvalue weighted by Gasteiger charge is -2.41. The van der Waals surface area contributed by atoms with E-state index in [2.05, 4.69) is 19.9 Å². The summed E-state index contributed by atoms with van der Waals surface area (Å²) < 4.78 is 0. The third kappa shape index (κ3) is 1.75. The Labute approximate surface area is 103 Å². The molecule has 2 heteroatoms. The maximum absolute atomic E-state index is 10.1. The molecule has 0 bridgehead atoms. The van der Waals surface area contributed by atoms with Crippen molar-refractivity contribution >= 4 is 0 Å². The Morgan fingerprint density at radius 1 is 1.24 bits per heavy atom. The van der Waals surface area contributed by atoms with Crippen molar-refractivity contribution in [1.82, 2.24) is 0 Å². The van der Waals surface area contributed by atoms with Crippen LogP contribution in [0.5, 0.6) is 5.75 Å². The second kappa shape index (κ2) is 4.02. The summed E-state index contributed by atoms with van der Waals surface area (Å²) in [6.45, 7) is 6.51. The Bertz CT molecular complexity index is 427. The monoisotopic (exact) mass is 234 g/mol. The van der Waals surface area contributed by atoms with Gasteiger partial charge in [-0.2, -0.15) is 0 Å². The summed E-state index contributed by atoms with van der Waals surface area (Å²) in [7, 11) is 0. The van der Waals surface area contributed by atoms with Crippen molar-refractivity contribution in [3.8, 4) is 5.75 Å². The fraction of sp³-hybridized carbons (Fsp3) is 0.600. The lowest BCUT2D eigenvalue weighted by molar-refractivity contribution is 0.0848. The van der Waals surface area contributed by atoms with E-state index in [1.54, 1.807) is 6.07 Å². The lowest BCUT2D eigenvalue weighted by Crippen LogP contribution is -2.39. The first-order valence-electron chi connectivity index (χ1n) is 6.34. The molecular weight excluding hydrogens is 212 g/mol. The first-order chi connectivity index (χ1) is 7.93. The van der Waals surface area contributed by atoms with E-state index in [1.165, 1.54) is 0 Å². The molecule has 0 unspecified atom stereocenters. The van der Waals surface area contributed by atoms with Crippen molar-refractivity contribution in [2.45, 2.75) is 45.4 Å². The fourth-order valence-electron chi connectivity index (χ4n) is 3.21. The highest BCUT2D eigenvalue weighted by atomic mass is 16.3. The molecule has 1 aliphatic rings. The van der Waals surface area contributed by atoms with Gasteiger partial charge in [0.1, 0.15) is 5.75 Å². The van der Waals surface area contributed by atoms with E-state index in [1.807, 2.05) is 13.0 Å². The predicted molar refractivity (Wildman–Crippen MR) is 69.2 cm³/mol. The zero-order valence-corrected chi connectivity index (χ0v) is 11.0. The van der Waals surface area contributed by atoms with Crippen LogP contribution in [0.25, 0.3) is 0 Å². The van der Waals surface area contributed by atoms with E-state index >= 15 is 0 Å². The van der Waals surface area contributed by atoms with Gasteiger partial charge in [-0.05, 0) is 25.8 Å². The Kier molecular flexibility index (Phi) is 2.94. The molecule has 1 saturated carbocycles. The molecule has 1 aromatic carbocycles. The minimum Gasteiger partial charge on any atom is -0.508 e. The average Bonchev–Trinajstić information content (AvgIpc) is 2.60. The highest BCUT2D eigenvalue weighted by molar-refractivity contribution is 5.43. The summed E-state index contributed by atoms with van der Waals surface area (Å²) >= 11 is 0. The first-order valence-corrected chi connectivity index (χ1v) is 6.34. The van der Waals surface area contributed by atoms with Crippen LogP contribution in [0.4, 0.5) is 0 Å². The number of aromatic hydroxyl groups is 1. The molecule has 0 amide bonds. The van der Waals surface area contributed by atoms with E-state index in [0.29, 0.717) is 5.75 Å². The highest BCUT2D eigenvalue weighted by Gasteiger charge is 2.50. The Morgan fingerprint density at radius 2 is 1.94 bits per heavy atom. The van der Waals surface area contributed by atoms with E-state index in [9.17, 15) is 10.2 Å². The summed E-state index contributed by atoms with van der Waals surface area (Å²) in [5, 5.41) is 19.8. The zero-order chi connectivity index (χ0) is 12.7. The summed E-state index contributed by atoms with van der Waals surface area (Å²) in [6.07, 6.45) is 3.16. The van der Waals surface area contributed by atoms with E-state index in [0.717, 1.165) is 30.4 Å². The van der Waals surface area contributed by atoms with Crippen LogP contribution in [-0.2, 0) is 5.41 Å². The largest absolute Gasteiger partial charge is 0.508 e. The molecule has 2 nitrogen and oxygen atoms in total. The normalized spacial score (nSPS) is 32.9. The van der Waals surface area contributed by atoms with Gasteiger partial charge in [-0.15, -0.1) is 0 Å². The summed E-state index contributed by atoms with van der Waals surface area (Å²) in [4.78, 5) is 0. The van der Waals surface area contributed by atoms with Gasteiger partial charge >= 0.3 is 0 Å². The number of aliphatic hydroxyl groups excluding tert-OH is 1. The maximum Gasteiger partial charge on any atom is 0.119 e. The molecular formula is C15H22O2. The third-order valence-corrected chi connectivity index (χ3v) is 4.83. The Morgan fingerprint density at radius 3 is 2.59 bits per heavy atom. The van der Waals surface area contributed by atoms with Gasteiger partial charge in [-0.1, -0.05) is 38.0 Å². The minimum absolute atomic E-state index is 0.127. The zero-order valence-electron chi connectivity index (χ0n) is 11.0. The van der Waals surface area contributed by atoms with Crippen LogP contribution < -0.4 is 0 Å². The Hall–Kier alpha value is -1.02. The van der Waals surface area contributed by atoms with Crippen LogP contribution in [0.15, 0.2) is 18.2 Å². The predicted octanol–water partition coefficient (Wildman–Crippen LogP) is 3.14. The number of aliphatic hydroxyl groups is 1. The van der Waals surface area contributed by atoms with Crippen LogP contribution >= 0.6 is 0 Å². The van der Waals surface area contributed by atoms with Crippen LogP contribution in [0, 0.1) is 12.3 Å². The number of benzene rings is 1. The molecule has 2 N–H and O–H groups in total. The molecule has 2 rings (SSSR count). The average molecular weight is 234 g/mol. The van der Waals surface area contributed by atoms with Gasteiger partial charge in [0.05, 0.1) is 0 Å². The topological polar surface area (TPSA) is 40.5 Å². The standard InChI is InChI=1S/C15H22O2/c1-11-5-6-13(17)12(9-11)15(3)8-4-7-14(15,2)10-16/h5-6,9,16-17H,4,7-8,10H2,1-3H3/t14-,15+/m1/s1. The van der Waals surface area contributed by atoms with Gasteiger partial charge in [-0.3, -0.25) is 0 Å². The molecule has 0 radical (unpaired) electrons. The van der Waals surface area contributed by atoms with Crippen molar-refractivity contribution < 1.29 is 10.2 Å². The highest BCUT2D eigenvalue weighted by Crippen LogP contribution is 2.55. The number of hydrogen-bond donors (Lipinski definition) is 2. The molecule has 1 fully saturated rings. The summed E-state index contributed by atoms with van der Waals surface area (Å²) in [5.74, 6) is 0.361. The van der Waals surface area contributed by atoms with Gasteiger partial charge in [0.25, 0.3) is 0 Å². The molecule has 2 atom stereocenters. The number of phenols is 1. The number of aryl methyl sites for hydroxylation is 1. The van der Waals surface area contributed by atoms with Gasteiger partial charge < -0.3 is 10.2 Å². The molecule has 0 aliphatic heterocycles. The van der Waals surface area contributed by atoms with Crippen molar-refractivity contribution in [3.05, 3.63) is 29.3 Å². The molecule has 0 saturated heterocycles. The quantitative estimate of drug-likeness (QED) is 0.825. The molecule has 0 heterocycles. The molecule has 1 aromatic rings. The van der Waals surface area contributed by atoms with Gasteiger partial charge in [0.15, 0.2) is 0 Å². The van der Waals surface area contributed by atoms with E-state index in [4.69, 9.17) is 0 Å². The van der Waals surface area contributed by atoms with Crippen molar-refractivity contribution in [3.63, 3.8) is 0 Å². The second-order valence-electron chi connectivity index (χ2n) is 5.93. The van der Waals surface area contributed by atoms with Crippen molar-refractivity contribution in [2.24, 2.45) is 5.41 Å². The smallest absolute Gasteiger partial charge is 0.119 e. The van der Waals surface area contributed by atoms with Crippen molar-refractivity contribution in [1.29, 1.82) is 0 Å². The number of hydrogen-bond acceptors (Lipinski definition) is 2. The minimum atomic E-state index is -0.127. The van der Waals surface area contributed by atoms with Gasteiger partial charge in [0.2, 0.25) is 0 Å². The first kappa shape index (κ1) is 12.4. The lowest BCUT2D eigenvalue weighted by atomic mass is 9.64. The van der Waals surface area contributed by atoms with Crippen LogP contribution in [0.3, 0.4) is 0 Å². The van der Waals surface area contributed by atoms with Gasteiger partial charge in [-0.25, -0.2) is 0 Å². The molecule has 94 valence electrons.